The number of rotatable bonds is 4. The molecule has 5 heteroatoms. The number of benzene rings is 2. The Morgan fingerprint density at radius 1 is 1.10 bits per heavy atom. The summed E-state index contributed by atoms with van der Waals surface area (Å²) >= 11 is 3.38. The van der Waals surface area contributed by atoms with E-state index in [0.29, 0.717) is 18.4 Å². The maximum Gasteiger partial charge on any atom is 0.407 e. The summed E-state index contributed by atoms with van der Waals surface area (Å²) in [5.41, 5.74) is 0.268. The summed E-state index contributed by atoms with van der Waals surface area (Å²) in [4.78, 5) is 0. The van der Waals surface area contributed by atoms with Crippen molar-refractivity contribution < 1.29 is 13.2 Å². The van der Waals surface area contributed by atoms with Crippen LogP contribution in [0.15, 0.2) is 40.9 Å². The van der Waals surface area contributed by atoms with Crippen molar-refractivity contribution in [1.29, 1.82) is 0 Å². The van der Waals surface area contributed by atoms with Crippen molar-refractivity contribution in [3.8, 4) is 0 Å². The monoisotopic (exact) mass is 345 g/mol. The van der Waals surface area contributed by atoms with E-state index in [1.807, 2.05) is 19.1 Å². The molecule has 0 amide bonds. The molecule has 0 bridgehead atoms. The average molecular weight is 346 g/mol. The topological polar surface area (TPSA) is 12.0 Å². The fraction of sp³-hybridized carbons (Fsp3) is 0.333. The van der Waals surface area contributed by atoms with Crippen LogP contribution in [0.1, 0.15) is 24.9 Å². The first-order valence-corrected chi connectivity index (χ1v) is 7.21. The van der Waals surface area contributed by atoms with E-state index in [0.717, 1.165) is 9.86 Å². The van der Waals surface area contributed by atoms with Crippen LogP contribution >= 0.6 is 15.9 Å². The van der Waals surface area contributed by atoms with Gasteiger partial charge >= 0.3 is 6.18 Å². The lowest BCUT2D eigenvalue weighted by Gasteiger charge is -2.23. The Balaban J connectivity index is 2.56. The molecule has 1 atom stereocenters. The lowest BCUT2D eigenvalue weighted by molar-refractivity contribution is -0.157. The fourth-order valence-electron chi connectivity index (χ4n) is 2.23. The summed E-state index contributed by atoms with van der Waals surface area (Å²) in [7, 11) is 0. The van der Waals surface area contributed by atoms with E-state index in [2.05, 4.69) is 21.2 Å². The van der Waals surface area contributed by atoms with Gasteiger partial charge < -0.3 is 5.32 Å². The van der Waals surface area contributed by atoms with Crippen LogP contribution in [-0.4, -0.2) is 12.7 Å². The molecule has 0 heterocycles. The van der Waals surface area contributed by atoms with Gasteiger partial charge in [0.1, 0.15) is 6.04 Å². The third kappa shape index (κ3) is 3.15. The van der Waals surface area contributed by atoms with E-state index in [1.54, 1.807) is 18.2 Å². The Hall–Kier alpha value is -1.07. The van der Waals surface area contributed by atoms with Gasteiger partial charge in [0.05, 0.1) is 0 Å². The van der Waals surface area contributed by atoms with E-state index in [1.165, 1.54) is 6.07 Å². The highest BCUT2D eigenvalue weighted by Crippen LogP contribution is 2.38. The van der Waals surface area contributed by atoms with Crippen LogP contribution in [0.3, 0.4) is 0 Å². The van der Waals surface area contributed by atoms with Gasteiger partial charge in [-0.3, -0.25) is 0 Å². The number of halogens is 4. The zero-order valence-electron chi connectivity index (χ0n) is 11.0. The summed E-state index contributed by atoms with van der Waals surface area (Å²) in [6, 6.07) is 8.68. The number of hydrogen-bond acceptors (Lipinski definition) is 1. The first kappa shape index (κ1) is 15.3. The van der Waals surface area contributed by atoms with Crippen LogP contribution in [0.25, 0.3) is 10.8 Å². The molecule has 0 spiro atoms. The van der Waals surface area contributed by atoms with Gasteiger partial charge in [-0.1, -0.05) is 53.2 Å². The molecule has 0 saturated carbocycles. The standard InChI is InChI=1S/C15H15BrF3N/c1-2-9-20-14(15(17,18)19)12-7-8-13(16)11-6-4-3-5-10(11)12/h3-8,14,20H,2,9H2,1H3. The second-order valence-corrected chi connectivity index (χ2v) is 5.47. The van der Waals surface area contributed by atoms with E-state index >= 15 is 0 Å². The number of nitrogens with one attached hydrogen (secondary N) is 1. The van der Waals surface area contributed by atoms with Crippen molar-refractivity contribution in [1.82, 2.24) is 5.32 Å². The maximum atomic E-state index is 13.3. The third-order valence-corrected chi connectivity index (χ3v) is 3.83. The minimum absolute atomic E-state index is 0.268. The fourth-order valence-corrected chi connectivity index (χ4v) is 2.71. The van der Waals surface area contributed by atoms with Crippen molar-refractivity contribution in [3.05, 3.63) is 46.4 Å². The van der Waals surface area contributed by atoms with Crippen LogP contribution < -0.4 is 5.32 Å². The number of fused-ring (bicyclic) bond motifs is 1. The minimum atomic E-state index is -4.31. The van der Waals surface area contributed by atoms with Crippen molar-refractivity contribution in [2.45, 2.75) is 25.6 Å². The zero-order chi connectivity index (χ0) is 14.8. The largest absolute Gasteiger partial charge is 0.407 e. The molecule has 0 aliphatic heterocycles. The van der Waals surface area contributed by atoms with Gasteiger partial charge in [-0.25, -0.2) is 0 Å². The molecule has 0 aliphatic carbocycles. The summed E-state index contributed by atoms with van der Waals surface area (Å²) in [5.74, 6) is 0. The Labute approximate surface area is 124 Å². The summed E-state index contributed by atoms with van der Waals surface area (Å²) < 4.78 is 40.6. The van der Waals surface area contributed by atoms with E-state index in [-0.39, 0.29) is 5.56 Å². The van der Waals surface area contributed by atoms with Crippen LogP contribution in [0.5, 0.6) is 0 Å². The smallest absolute Gasteiger partial charge is 0.302 e. The van der Waals surface area contributed by atoms with E-state index < -0.39 is 12.2 Å². The van der Waals surface area contributed by atoms with Gasteiger partial charge in [0, 0.05) is 4.47 Å². The molecule has 2 aromatic carbocycles. The normalized spacial score (nSPS) is 13.7. The second-order valence-electron chi connectivity index (χ2n) is 4.61. The third-order valence-electron chi connectivity index (χ3n) is 3.14. The van der Waals surface area contributed by atoms with E-state index in [9.17, 15) is 13.2 Å². The maximum absolute atomic E-state index is 13.3. The molecule has 108 valence electrons. The molecular weight excluding hydrogens is 331 g/mol. The van der Waals surface area contributed by atoms with Gasteiger partial charge in [0.2, 0.25) is 0 Å². The van der Waals surface area contributed by atoms with Gasteiger partial charge in [0.15, 0.2) is 0 Å². The van der Waals surface area contributed by atoms with E-state index in [4.69, 9.17) is 0 Å². The molecule has 20 heavy (non-hydrogen) atoms. The molecule has 1 N–H and O–H groups in total. The van der Waals surface area contributed by atoms with Gasteiger partial charge in [-0.05, 0) is 35.4 Å². The number of hydrogen-bond donors (Lipinski definition) is 1. The van der Waals surface area contributed by atoms with Crippen molar-refractivity contribution in [2.24, 2.45) is 0 Å². The highest BCUT2D eigenvalue weighted by Gasteiger charge is 2.41. The highest BCUT2D eigenvalue weighted by molar-refractivity contribution is 9.10. The Bertz CT molecular complexity index is 595. The van der Waals surface area contributed by atoms with Crippen molar-refractivity contribution >= 4 is 26.7 Å². The lowest BCUT2D eigenvalue weighted by atomic mass is 9.98. The number of alkyl halides is 3. The SMILES string of the molecule is CCCNC(c1ccc(Br)c2ccccc12)C(F)(F)F. The van der Waals surface area contributed by atoms with Gasteiger partial charge in [-0.2, -0.15) is 13.2 Å². The van der Waals surface area contributed by atoms with Crippen LogP contribution in [0, 0.1) is 0 Å². The van der Waals surface area contributed by atoms with Crippen molar-refractivity contribution in [3.63, 3.8) is 0 Å². The van der Waals surface area contributed by atoms with Gasteiger partial charge in [0.25, 0.3) is 0 Å². The first-order chi connectivity index (χ1) is 9.45. The molecule has 2 rings (SSSR count). The predicted octanol–water partition coefficient (Wildman–Crippen LogP) is 5.21. The zero-order valence-corrected chi connectivity index (χ0v) is 12.6. The summed E-state index contributed by atoms with van der Waals surface area (Å²) in [5, 5.41) is 4.00. The van der Waals surface area contributed by atoms with Crippen LogP contribution in [0.4, 0.5) is 13.2 Å². The van der Waals surface area contributed by atoms with Crippen LogP contribution in [0.2, 0.25) is 0 Å². The summed E-state index contributed by atoms with van der Waals surface area (Å²) in [6.07, 6.45) is -3.66. The Kier molecular flexibility index (Phi) is 4.70. The molecule has 0 aliphatic rings. The quantitative estimate of drug-likeness (QED) is 0.802. The Morgan fingerprint density at radius 2 is 1.75 bits per heavy atom. The molecule has 0 aromatic heterocycles. The lowest BCUT2D eigenvalue weighted by Crippen LogP contribution is -2.34. The molecule has 1 unspecified atom stereocenters. The van der Waals surface area contributed by atoms with Crippen molar-refractivity contribution in [2.75, 3.05) is 6.54 Å². The molecule has 0 fully saturated rings. The molecule has 2 aromatic rings. The van der Waals surface area contributed by atoms with Gasteiger partial charge in [-0.15, -0.1) is 0 Å². The molecule has 0 saturated heterocycles. The predicted molar refractivity (Wildman–Crippen MR) is 78.7 cm³/mol. The molecular formula is C15H15BrF3N. The highest BCUT2D eigenvalue weighted by atomic mass is 79.9. The molecule has 1 nitrogen and oxygen atoms in total. The van der Waals surface area contributed by atoms with Crippen LogP contribution in [-0.2, 0) is 0 Å². The molecule has 0 radical (unpaired) electrons. The second kappa shape index (κ2) is 6.14. The average Bonchev–Trinajstić information content (AvgIpc) is 2.40. The summed E-state index contributed by atoms with van der Waals surface area (Å²) in [6.45, 7) is 2.18. The Morgan fingerprint density at radius 3 is 2.35 bits per heavy atom. The minimum Gasteiger partial charge on any atom is -0.302 e. The first-order valence-electron chi connectivity index (χ1n) is 6.42.